The minimum absolute atomic E-state index is 0.0400. The van der Waals surface area contributed by atoms with Crippen LogP contribution in [-0.2, 0) is 27.4 Å². The molecule has 1 N–H and O–H groups in total. The predicted molar refractivity (Wildman–Crippen MR) is 94.9 cm³/mol. The van der Waals surface area contributed by atoms with E-state index in [9.17, 15) is 21.6 Å². The largest absolute Gasteiger partial charge is 0.416 e. The Bertz CT molecular complexity index is 852. The van der Waals surface area contributed by atoms with Crippen LogP contribution in [0, 0.1) is 5.92 Å². The maximum Gasteiger partial charge on any atom is 0.416 e. The Hall–Kier alpha value is -1.90. The first-order valence-corrected chi connectivity index (χ1v) is 10.2. The van der Waals surface area contributed by atoms with Gasteiger partial charge in [-0.05, 0) is 29.8 Å². The molecule has 27 heavy (non-hydrogen) atoms. The summed E-state index contributed by atoms with van der Waals surface area (Å²) in [7, 11) is -3.43. The quantitative estimate of drug-likeness (QED) is 0.810. The highest BCUT2D eigenvalue weighted by atomic mass is 32.2. The molecule has 2 atom stereocenters. The van der Waals surface area contributed by atoms with Gasteiger partial charge in [0, 0.05) is 19.0 Å². The Balaban J connectivity index is 1.60. The Morgan fingerprint density at radius 2 is 1.67 bits per heavy atom. The molecule has 0 bridgehead atoms. The second-order valence-corrected chi connectivity index (χ2v) is 8.59. The van der Waals surface area contributed by atoms with Gasteiger partial charge in [0.2, 0.25) is 0 Å². The molecule has 0 amide bonds. The van der Waals surface area contributed by atoms with Crippen LogP contribution in [0.25, 0.3) is 0 Å². The normalized spacial score (nSPS) is 20.7. The van der Waals surface area contributed by atoms with Gasteiger partial charge in [0.05, 0.1) is 28.9 Å². The van der Waals surface area contributed by atoms with Gasteiger partial charge in [-0.15, -0.1) is 0 Å². The molecule has 1 fully saturated rings. The molecule has 146 valence electrons. The van der Waals surface area contributed by atoms with E-state index in [1.165, 1.54) is 12.1 Å². The number of rotatable bonds is 6. The molecule has 3 rings (SSSR count). The van der Waals surface area contributed by atoms with Crippen LogP contribution in [0.1, 0.15) is 11.1 Å². The Kier molecular flexibility index (Phi) is 5.88. The SMILES string of the molecule is O=S(=O)(CC1CNCC1OCc1ccc(C(F)(F)F)cc1)c1ccccc1. The van der Waals surface area contributed by atoms with Crippen LogP contribution in [0.5, 0.6) is 0 Å². The van der Waals surface area contributed by atoms with Crippen LogP contribution >= 0.6 is 0 Å². The van der Waals surface area contributed by atoms with Crippen molar-refractivity contribution in [2.75, 3.05) is 18.8 Å². The van der Waals surface area contributed by atoms with Crippen molar-refractivity contribution in [2.45, 2.75) is 23.8 Å². The lowest BCUT2D eigenvalue weighted by Gasteiger charge is -2.19. The standard InChI is InChI=1S/C19H20F3NO3S/c20-19(21,22)16-8-6-14(7-9-16)12-26-18-11-23-10-15(18)13-27(24,25)17-4-2-1-3-5-17/h1-9,15,18,23H,10-13H2. The lowest BCUT2D eigenvalue weighted by Crippen LogP contribution is -2.28. The summed E-state index contributed by atoms with van der Waals surface area (Å²) in [5, 5.41) is 3.12. The van der Waals surface area contributed by atoms with Crippen LogP contribution in [-0.4, -0.2) is 33.4 Å². The van der Waals surface area contributed by atoms with Gasteiger partial charge in [0.25, 0.3) is 0 Å². The molecule has 2 aromatic rings. The summed E-state index contributed by atoms with van der Waals surface area (Å²) in [6.07, 6.45) is -4.68. The van der Waals surface area contributed by atoms with Crippen LogP contribution in [0.3, 0.4) is 0 Å². The molecule has 4 nitrogen and oxygen atoms in total. The van der Waals surface area contributed by atoms with Gasteiger partial charge in [0.1, 0.15) is 0 Å². The zero-order valence-electron chi connectivity index (χ0n) is 14.4. The van der Waals surface area contributed by atoms with Gasteiger partial charge >= 0.3 is 6.18 Å². The molecule has 2 unspecified atom stereocenters. The molecule has 8 heteroatoms. The van der Waals surface area contributed by atoms with Crippen molar-refractivity contribution in [3.05, 3.63) is 65.7 Å². The third kappa shape index (κ3) is 5.09. The monoisotopic (exact) mass is 399 g/mol. The maximum atomic E-state index is 12.6. The minimum atomic E-state index is -4.37. The van der Waals surface area contributed by atoms with E-state index in [-0.39, 0.29) is 29.3 Å². The molecular formula is C19H20F3NO3S. The highest BCUT2D eigenvalue weighted by molar-refractivity contribution is 7.91. The van der Waals surface area contributed by atoms with Crippen LogP contribution < -0.4 is 5.32 Å². The number of alkyl halides is 3. The molecule has 1 saturated heterocycles. The second-order valence-electron chi connectivity index (χ2n) is 6.56. The summed E-state index contributed by atoms with van der Waals surface area (Å²) in [5.74, 6) is -0.258. The summed E-state index contributed by atoms with van der Waals surface area (Å²) in [6, 6.07) is 13.0. The van der Waals surface area contributed by atoms with E-state index < -0.39 is 21.6 Å². The van der Waals surface area contributed by atoms with E-state index in [1.54, 1.807) is 30.3 Å². The van der Waals surface area contributed by atoms with Crippen molar-refractivity contribution in [1.82, 2.24) is 5.32 Å². The van der Waals surface area contributed by atoms with Crippen LogP contribution in [0.15, 0.2) is 59.5 Å². The average Bonchev–Trinajstić information content (AvgIpc) is 3.06. The Labute approximate surface area is 156 Å². The van der Waals surface area contributed by atoms with Gasteiger partial charge < -0.3 is 10.1 Å². The van der Waals surface area contributed by atoms with Crippen molar-refractivity contribution in [3.63, 3.8) is 0 Å². The number of nitrogens with one attached hydrogen (secondary N) is 1. The lowest BCUT2D eigenvalue weighted by atomic mass is 10.1. The molecular weight excluding hydrogens is 379 g/mol. The third-order valence-electron chi connectivity index (χ3n) is 4.56. The fraction of sp³-hybridized carbons (Fsp3) is 0.368. The molecule has 0 saturated carbocycles. The summed E-state index contributed by atoms with van der Waals surface area (Å²) in [5.41, 5.74) is -0.0971. The highest BCUT2D eigenvalue weighted by Crippen LogP contribution is 2.29. The van der Waals surface area contributed by atoms with Gasteiger partial charge in [-0.25, -0.2) is 8.42 Å². The van der Waals surface area contributed by atoms with E-state index >= 15 is 0 Å². The van der Waals surface area contributed by atoms with Gasteiger partial charge in [-0.2, -0.15) is 13.2 Å². The average molecular weight is 399 g/mol. The summed E-state index contributed by atoms with van der Waals surface area (Å²) in [4.78, 5) is 0.276. The fourth-order valence-corrected chi connectivity index (χ4v) is 4.73. The number of benzene rings is 2. The van der Waals surface area contributed by atoms with E-state index in [0.29, 0.717) is 18.7 Å². The molecule has 0 spiro atoms. The van der Waals surface area contributed by atoms with E-state index in [1.807, 2.05) is 0 Å². The molecule has 0 aliphatic carbocycles. The van der Waals surface area contributed by atoms with Gasteiger partial charge in [-0.3, -0.25) is 0 Å². The van der Waals surface area contributed by atoms with Crippen molar-refractivity contribution in [3.8, 4) is 0 Å². The third-order valence-corrected chi connectivity index (χ3v) is 6.42. The highest BCUT2D eigenvalue weighted by Gasteiger charge is 2.33. The lowest BCUT2D eigenvalue weighted by molar-refractivity contribution is -0.137. The minimum Gasteiger partial charge on any atom is -0.372 e. The van der Waals surface area contributed by atoms with Crippen molar-refractivity contribution in [2.24, 2.45) is 5.92 Å². The smallest absolute Gasteiger partial charge is 0.372 e. The Morgan fingerprint density at radius 3 is 2.30 bits per heavy atom. The number of hydrogen-bond acceptors (Lipinski definition) is 4. The molecule has 0 aromatic heterocycles. The first kappa shape index (κ1) is 19.9. The van der Waals surface area contributed by atoms with E-state index in [4.69, 9.17) is 4.74 Å². The zero-order valence-corrected chi connectivity index (χ0v) is 15.3. The molecule has 0 radical (unpaired) electrons. The number of halogens is 3. The molecule has 1 heterocycles. The number of sulfone groups is 1. The first-order chi connectivity index (χ1) is 12.8. The van der Waals surface area contributed by atoms with Gasteiger partial charge in [0.15, 0.2) is 9.84 Å². The van der Waals surface area contributed by atoms with Crippen molar-refractivity contribution >= 4 is 9.84 Å². The second kappa shape index (κ2) is 8.00. The summed E-state index contributed by atoms with van der Waals surface area (Å²) in [6.45, 7) is 1.16. The number of ether oxygens (including phenoxy) is 1. The van der Waals surface area contributed by atoms with Gasteiger partial charge in [-0.1, -0.05) is 30.3 Å². The van der Waals surface area contributed by atoms with E-state index in [0.717, 1.165) is 12.1 Å². The zero-order chi connectivity index (χ0) is 19.5. The van der Waals surface area contributed by atoms with Crippen molar-refractivity contribution in [1.29, 1.82) is 0 Å². The predicted octanol–water partition coefficient (Wildman–Crippen LogP) is 3.28. The van der Waals surface area contributed by atoms with Crippen LogP contribution in [0.4, 0.5) is 13.2 Å². The fourth-order valence-electron chi connectivity index (χ4n) is 3.07. The van der Waals surface area contributed by atoms with Crippen molar-refractivity contribution < 1.29 is 26.3 Å². The molecule has 1 aliphatic heterocycles. The number of hydrogen-bond donors (Lipinski definition) is 1. The summed E-state index contributed by atoms with van der Waals surface area (Å²) < 4.78 is 68.7. The summed E-state index contributed by atoms with van der Waals surface area (Å²) >= 11 is 0. The molecule has 2 aromatic carbocycles. The Morgan fingerprint density at radius 1 is 1.00 bits per heavy atom. The van der Waals surface area contributed by atoms with E-state index in [2.05, 4.69) is 5.32 Å². The first-order valence-electron chi connectivity index (χ1n) is 8.52. The van der Waals surface area contributed by atoms with Crippen LogP contribution in [0.2, 0.25) is 0 Å². The topological polar surface area (TPSA) is 55.4 Å². The maximum absolute atomic E-state index is 12.6. The molecule has 1 aliphatic rings.